The summed E-state index contributed by atoms with van der Waals surface area (Å²) in [6.07, 6.45) is 3.01. The third-order valence-electron chi connectivity index (χ3n) is 7.54. The van der Waals surface area contributed by atoms with Crippen molar-refractivity contribution in [2.45, 2.75) is 51.4 Å². The van der Waals surface area contributed by atoms with Crippen LogP contribution in [-0.4, -0.2) is 78.0 Å². The Morgan fingerprint density at radius 3 is 2.64 bits per heavy atom. The fraction of sp³-hybridized carbons (Fsp3) is 0.423. The molecule has 0 bridgehead atoms. The first kappa shape index (κ1) is 25.2. The summed E-state index contributed by atoms with van der Waals surface area (Å²) in [6, 6.07) is 6.67. The van der Waals surface area contributed by atoms with Crippen LogP contribution in [0.5, 0.6) is 0 Å². The molecule has 5 heterocycles. The number of benzene rings is 1. The van der Waals surface area contributed by atoms with Crippen molar-refractivity contribution in [2.75, 3.05) is 30.3 Å². The molecule has 2 saturated heterocycles. The third kappa shape index (κ3) is 4.67. The number of nitrogens with two attached hydrogens (primary N) is 1. The molecule has 2 unspecified atom stereocenters. The molecule has 0 saturated carbocycles. The van der Waals surface area contributed by atoms with E-state index in [2.05, 4.69) is 25.0 Å². The number of anilines is 2. The Balaban J connectivity index is 1.19. The zero-order chi connectivity index (χ0) is 27.3. The molecule has 0 aliphatic carbocycles. The maximum atomic E-state index is 14.3. The minimum atomic E-state index is -0.597. The lowest BCUT2D eigenvalue weighted by atomic mass is 10.0. The predicted octanol–water partition coefficient (Wildman–Crippen LogP) is 2.73. The van der Waals surface area contributed by atoms with Crippen molar-refractivity contribution in [1.29, 1.82) is 0 Å². The van der Waals surface area contributed by atoms with Crippen molar-refractivity contribution >= 4 is 23.6 Å². The fourth-order valence-electron chi connectivity index (χ4n) is 5.60. The molecular weight excluding hydrogens is 508 g/mol. The van der Waals surface area contributed by atoms with Crippen LogP contribution in [0.4, 0.5) is 20.7 Å². The summed E-state index contributed by atoms with van der Waals surface area (Å²) in [5, 5.41) is 4.33. The SMILES string of the molecule is CC1CN(C(=O)[C@@H]2CCCN2c2nc(N)n3nc(-c4ccco4)nc3n2)CC(C)N1Cc1ccc(F)cc1F. The molecule has 11 nitrogen and oxygen atoms in total. The number of nitrogens with zero attached hydrogens (tertiary/aromatic N) is 8. The number of amides is 1. The second-order valence-electron chi connectivity index (χ2n) is 10.2. The summed E-state index contributed by atoms with van der Waals surface area (Å²) < 4.78 is 34.4. The summed E-state index contributed by atoms with van der Waals surface area (Å²) >= 11 is 0. The average molecular weight is 538 g/mol. The largest absolute Gasteiger partial charge is 0.461 e. The number of hydrogen-bond acceptors (Lipinski definition) is 9. The highest BCUT2D eigenvalue weighted by atomic mass is 19.1. The van der Waals surface area contributed by atoms with E-state index < -0.39 is 17.7 Å². The van der Waals surface area contributed by atoms with Crippen LogP contribution in [-0.2, 0) is 11.3 Å². The lowest BCUT2D eigenvalue weighted by Crippen LogP contribution is -2.60. The van der Waals surface area contributed by atoms with Crippen LogP contribution in [0.1, 0.15) is 32.3 Å². The van der Waals surface area contributed by atoms with Crippen LogP contribution in [0.25, 0.3) is 17.4 Å². The highest BCUT2D eigenvalue weighted by Gasteiger charge is 2.39. The van der Waals surface area contributed by atoms with Gasteiger partial charge in [-0.25, -0.2) is 8.78 Å². The zero-order valence-electron chi connectivity index (χ0n) is 21.7. The fourth-order valence-corrected chi connectivity index (χ4v) is 5.60. The van der Waals surface area contributed by atoms with Gasteiger partial charge in [-0.15, -0.1) is 5.10 Å². The summed E-state index contributed by atoms with van der Waals surface area (Å²) in [5.41, 5.74) is 6.63. The van der Waals surface area contributed by atoms with E-state index in [1.807, 2.05) is 23.6 Å². The van der Waals surface area contributed by atoms with Crippen LogP contribution in [0.15, 0.2) is 41.0 Å². The van der Waals surface area contributed by atoms with Crippen molar-refractivity contribution in [3.8, 4) is 11.6 Å². The van der Waals surface area contributed by atoms with Gasteiger partial charge in [-0.2, -0.15) is 19.5 Å². The molecule has 3 atom stereocenters. The van der Waals surface area contributed by atoms with Gasteiger partial charge in [-0.1, -0.05) is 6.07 Å². The number of fused-ring (bicyclic) bond motifs is 1. The molecule has 1 aromatic carbocycles. The predicted molar refractivity (Wildman–Crippen MR) is 138 cm³/mol. The number of halogens is 2. The van der Waals surface area contributed by atoms with Gasteiger partial charge in [0.25, 0.3) is 5.78 Å². The molecule has 13 heteroatoms. The van der Waals surface area contributed by atoms with E-state index in [0.717, 1.165) is 12.5 Å². The van der Waals surface area contributed by atoms with E-state index in [1.54, 1.807) is 12.1 Å². The van der Waals surface area contributed by atoms with E-state index in [4.69, 9.17) is 10.2 Å². The molecule has 3 aromatic heterocycles. The molecule has 2 aliphatic heterocycles. The minimum absolute atomic E-state index is 0.00130. The van der Waals surface area contributed by atoms with Gasteiger partial charge in [-0.05, 0) is 44.9 Å². The van der Waals surface area contributed by atoms with E-state index in [0.29, 0.717) is 55.7 Å². The van der Waals surface area contributed by atoms with Gasteiger partial charge in [0.15, 0.2) is 5.76 Å². The molecule has 4 aromatic rings. The molecule has 1 amide bonds. The van der Waals surface area contributed by atoms with E-state index in [1.165, 1.54) is 22.9 Å². The first-order valence-electron chi connectivity index (χ1n) is 13.0. The Hall–Kier alpha value is -4.13. The summed E-state index contributed by atoms with van der Waals surface area (Å²) in [5.74, 6) is 0.386. The van der Waals surface area contributed by atoms with Crippen molar-refractivity contribution in [3.63, 3.8) is 0 Å². The number of carbonyl (C=O) groups is 1. The van der Waals surface area contributed by atoms with Crippen molar-refractivity contribution in [1.82, 2.24) is 34.4 Å². The average Bonchev–Trinajstić information content (AvgIpc) is 3.67. The Morgan fingerprint density at radius 2 is 1.92 bits per heavy atom. The number of carbonyl (C=O) groups excluding carboxylic acids is 1. The highest BCUT2D eigenvalue weighted by molar-refractivity contribution is 5.85. The summed E-state index contributed by atoms with van der Waals surface area (Å²) in [6.45, 7) is 5.98. The summed E-state index contributed by atoms with van der Waals surface area (Å²) in [7, 11) is 0. The van der Waals surface area contributed by atoms with E-state index in [-0.39, 0.29) is 29.7 Å². The van der Waals surface area contributed by atoms with E-state index >= 15 is 0 Å². The molecule has 2 fully saturated rings. The molecular formula is C26H29F2N9O2. The van der Waals surface area contributed by atoms with Gasteiger partial charge in [0.2, 0.25) is 23.6 Å². The van der Waals surface area contributed by atoms with Gasteiger partial charge in [0, 0.05) is 49.9 Å². The Morgan fingerprint density at radius 1 is 1.13 bits per heavy atom. The Labute approximate surface area is 223 Å². The molecule has 204 valence electrons. The standard InChI is InChI=1S/C26H29F2N9O2/c1-15-12-34(13-16(2)36(15)14-17-7-8-18(27)11-19(17)28)23(38)20-5-3-9-35(20)25-31-24(29)37-26(32-25)30-22(33-37)21-6-4-10-39-21/h4,6-8,10-11,15-16,20H,3,5,9,12-14H2,1-2H3,(H2,29,30,31,32,33)/t15?,16?,20-/m0/s1. The first-order chi connectivity index (χ1) is 18.8. The van der Waals surface area contributed by atoms with E-state index in [9.17, 15) is 13.6 Å². The second-order valence-corrected chi connectivity index (χ2v) is 10.2. The smallest absolute Gasteiger partial charge is 0.259 e. The maximum absolute atomic E-state index is 14.3. The quantitative estimate of drug-likeness (QED) is 0.409. The molecule has 2 aliphatic rings. The Kier molecular flexibility index (Phi) is 6.37. The van der Waals surface area contributed by atoms with Crippen LogP contribution in [0.2, 0.25) is 0 Å². The number of nitrogen functional groups attached to an aromatic ring is 1. The molecule has 2 N–H and O–H groups in total. The zero-order valence-corrected chi connectivity index (χ0v) is 21.7. The van der Waals surface area contributed by atoms with Crippen molar-refractivity contribution < 1.29 is 18.0 Å². The Bertz CT molecular complexity index is 1500. The van der Waals surface area contributed by atoms with Crippen LogP contribution in [0.3, 0.4) is 0 Å². The van der Waals surface area contributed by atoms with Crippen LogP contribution < -0.4 is 10.6 Å². The number of hydrogen-bond donors (Lipinski definition) is 1. The van der Waals surface area contributed by atoms with Crippen molar-refractivity contribution in [2.24, 2.45) is 0 Å². The highest BCUT2D eigenvalue weighted by Crippen LogP contribution is 2.28. The monoisotopic (exact) mass is 537 g/mol. The number of aromatic nitrogens is 5. The number of furan rings is 1. The van der Waals surface area contributed by atoms with Gasteiger partial charge < -0.3 is 20.0 Å². The number of piperazine rings is 1. The number of rotatable bonds is 5. The van der Waals surface area contributed by atoms with Gasteiger partial charge in [0.05, 0.1) is 6.26 Å². The van der Waals surface area contributed by atoms with Crippen LogP contribution >= 0.6 is 0 Å². The minimum Gasteiger partial charge on any atom is -0.461 e. The van der Waals surface area contributed by atoms with Gasteiger partial charge in [-0.3, -0.25) is 9.69 Å². The lowest BCUT2D eigenvalue weighted by Gasteiger charge is -2.45. The van der Waals surface area contributed by atoms with Crippen LogP contribution in [0, 0.1) is 11.6 Å². The second kappa shape index (κ2) is 9.88. The summed E-state index contributed by atoms with van der Waals surface area (Å²) in [4.78, 5) is 33.1. The topological polar surface area (TPSA) is 122 Å². The normalized spacial score (nSPS) is 22.2. The van der Waals surface area contributed by atoms with Crippen molar-refractivity contribution in [3.05, 3.63) is 53.8 Å². The third-order valence-corrected chi connectivity index (χ3v) is 7.54. The molecule has 0 radical (unpaired) electrons. The first-order valence-corrected chi connectivity index (χ1v) is 13.0. The van der Waals surface area contributed by atoms with Gasteiger partial charge in [0.1, 0.15) is 17.7 Å². The maximum Gasteiger partial charge on any atom is 0.259 e. The van der Waals surface area contributed by atoms with Gasteiger partial charge >= 0.3 is 0 Å². The lowest BCUT2D eigenvalue weighted by molar-refractivity contribution is -0.137. The molecule has 39 heavy (non-hydrogen) atoms. The molecule has 6 rings (SSSR count). The molecule has 0 spiro atoms.